The zero-order chi connectivity index (χ0) is 15.4. The van der Waals surface area contributed by atoms with E-state index in [4.69, 9.17) is 0 Å². The van der Waals surface area contributed by atoms with Gasteiger partial charge in [0.05, 0.1) is 4.90 Å². The summed E-state index contributed by atoms with van der Waals surface area (Å²) in [4.78, 5) is 0.0402. The van der Waals surface area contributed by atoms with E-state index >= 15 is 0 Å². The first-order valence-corrected chi connectivity index (χ1v) is 10.4. The van der Waals surface area contributed by atoms with E-state index in [2.05, 4.69) is 20.1 Å². The van der Waals surface area contributed by atoms with Crippen LogP contribution in [-0.2, 0) is 16.5 Å². The summed E-state index contributed by atoms with van der Waals surface area (Å²) in [5.74, 6) is 0. The van der Waals surface area contributed by atoms with Crippen LogP contribution in [0.25, 0.3) is 0 Å². The quantitative estimate of drug-likeness (QED) is 0.593. The molecule has 114 valence electrons. The molecule has 0 saturated heterocycles. The Kier molecular flexibility index (Phi) is 6.44. The molecular formula is C14H22O3S3. The van der Waals surface area contributed by atoms with Gasteiger partial charge in [0.2, 0.25) is 0 Å². The molecule has 0 unspecified atom stereocenters. The summed E-state index contributed by atoms with van der Waals surface area (Å²) < 4.78 is 32.2. The predicted molar refractivity (Wildman–Crippen MR) is 89.1 cm³/mol. The van der Waals surface area contributed by atoms with Crippen molar-refractivity contribution in [3.63, 3.8) is 0 Å². The third-order valence-electron chi connectivity index (χ3n) is 3.03. The van der Waals surface area contributed by atoms with Gasteiger partial charge in [0, 0.05) is 4.75 Å². The van der Waals surface area contributed by atoms with E-state index in [1.165, 1.54) is 6.07 Å². The van der Waals surface area contributed by atoms with E-state index in [1.807, 2.05) is 23.8 Å². The molecule has 0 aromatic heterocycles. The fraction of sp³-hybridized carbons (Fsp3) is 0.571. The highest BCUT2D eigenvalue weighted by Gasteiger charge is 2.19. The van der Waals surface area contributed by atoms with Crippen LogP contribution in [0.2, 0.25) is 0 Å². The summed E-state index contributed by atoms with van der Waals surface area (Å²) >= 11 is 0. The molecule has 0 heterocycles. The fourth-order valence-corrected chi connectivity index (χ4v) is 5.14. The summed E-state index contributed by atoms with van der Waals surface area (Å²) in [6.45, 7) is 6.30. The first-order valence-electron chi connectivity index (χ1n) is 6.44. The molecule has 6 heteroatoms. The van der Waals surface area contributed by atoms with Crippen LogP contribution in [-0.4, -0.2) is 24.0 Å². The number of benzene rings is 1. The van der Waals surface area contributed by atoms with Crippen molar-refractivity contribution in [2.45, 2.75) is 49.7 Å². The number of hydrogen-bond donors (Lipinski definition) is 1. The molecule has 1 aromatic rings. The van der Waals surface area contributed by atoms with Crippen molar-refractivity contribution in [3.05, 3.63) is 29.3 Å². The molecule has 1 rings (SSSR count). The van der Waals surface area contributed by atoms with Crippen LogP contribution in [0.15, 0.2) is 23.1 Å². The van der Waals surface area contributed by atoms with Crippen LogP contribution in [0, 0.1) is 6.92 Å². The molecular weight excluding hydrogens is 312 g/mol. The molecule has 0 fully saturated rings. The maximum absolute atomic E-state index is 11.4. The van der Waals surface area contributed by atoms with Gasteiger partial charge in [-0.15, -0.1) is 0 Å². The zero-order valence-corrected chi connectivity index (χ0v) is 14.8. The SMILES string of the molecule is CSSC(C)(C)CCCc1cc(C)ccc1S(=O)(=O)O. The zero-order valence-electron chi connectivity index (χ0n) is 12.3. The van der Waals surface area contributed by atoms with E-state index in [0.717, 1.165) is 18.4 Å². The Labute approximate surface area is 130 Å². The first-order chi connectivity index (χ1) is 9.15. The fourth-order valence-electron chi connectivity index (χ4n) is 2.13. The topological polar surface area (TPSA) is 54.4 Å². The maximum Gasteiger partial charge on any atom is 0.294 e. The van der Waals surface area contributed by atoms with Crippen molar-refractivity contribution in [1.29, 1.82) is 0 Å². The maximum atomic E-state index is 11.4. The van der Waals surface area contributed by atoms with Crippen LogP contribution >= 0.6 is 21.6 Å². The Hall–Kier alpha value is -0.170. The average molecular weight is 335 g/mol. The van der Waals surface area contributed by atoms with Gasteiger partial charge in [-0.3, -0.25) is 4.55 Å². The third kappa shape index (κ3) is 5.68. The summed E-state index contributed by atoms with van der Waals surface area (Å²) in [6.07, 6.45) is 4.61. The molecule has 0 spiro atoms. The summed E-state index contributed by atoms with van der Waals surface area (Å²) in [5, 5.41) is 0. The van der Waals surface area contributed by atoms with Crippen LogP contribution < -0.4 is 0 Å². The highest BCUT2D eigenvalue weighted by atomic mass is 33.1. The molecule has 0 aliphatic carbocycles. The second-order valence-electron chi connectivity index (χ2n) is 5.45. The minimum atomic E-state index is -4.14. The molecule has 20 heavy (non-hydrogen) atoms. The highest BCUT2D eigenvalue weighted by molar-refractivity contribution is 8.76. The Bertz CT molecular complexity index is 551. The predicted octanol–water partition coefficient (Wildman–Crippen LogP) is 4.35. The molecule has 1 N–H and O–H groups in total. The summed E-state index contributed by atoms with van der Waals surface area (Å²) in [6, 6.07) is 5.04. The Morgan fingerprint density at radius 2 is 1.95 bits per heavy atom. The van der Waals surface area contributed by atoms with Gasteiger partial charge >= 0.3 is 0 Å². The minimum Gasteiger partial charge on any atom is -0.282 e. The lowest BCUT2D eigenvalue weighted by molar-refractivity contribution is 0.481. The lowest BCUT2D eigenvalue weighted by Gasteiger charge is -2.22. The third-order valence-corrected chi connectivity index (χ3v) is 6.66. The largest absolute Gasteiger partial charge is 0.294 e. The molecule has 0 radical (unpaired) electrons. The monoisotopic (exact) mass is 334 g/mol. The Morgan fingerprint density at radius 3 is 2.50 bits per heavy atom. The molecule has 0 aliphatic rings. The summed E-state index contributed by atoms with van der Waals surface area (Å²) in [5.41, 5.74) is 1.71. The minimum absolute atomic E-state index is 0.0402. The molecule has 0 bridgehead atoms. The lowest BCUT2D eigenvalue weighted by Crippen LogP contribution is -2.13. The van der Waals surface area contributed by atoms with E-state index < -0.39 is 10.1 Å². The van der Waals surface area contributed by atoms with Gasteiger partial charge in [0.25, 0.3) is 10.1 Å². The van der Waals surface area contributed by atoms with Crippen LogP contribution in [0.5, 0.6) is 0 Å². The number of hydrogen-bond acceptors (Lipinski definition) is 4. The van der Waals surface area contributed by atoms with Crippen LogP contribution in [0.1, 0.15) is 37.8 Å². The molecule has 0 saturated carbocycles. The van der Waals surface area contributed by atoms with Gasteiger partial charge in [-0.2, -0.15) is 8.42 Å². The van der Waals surface area contributed by atoms with Gasteiger partial charge in [-0.1, -0.05) is 39.3 Å². The van der Waals surface area contributed by atoms with Crippen LogP contribution in [0.3, 0.4) is 0 Å². The molecule has 0 aliphatic heterocycles. The smallest absolute Gasteiger partial charge is 0.282 e. The van der Waals surface area contributed by atoms with E-state index in [0.29, 0.717) is 12.0 Å². The van der Waals surface area contributed by atoms with Gasteiger partial charge in [0.15, 0.2) is 0 Å². The molecule has 0 atom stereocenters. The standard InChI is InChI=1S/C14H22O3S3/c1-11-7-8-13(20(15,16)17)12(10-11)6-5-9-14(2,3)19-18-4/h7-8,10H,5-6,9H2,1-4H3,(H,15,16,17). The van der Waals surface area contributed by atoms with E-state index in [9.17, 15) is 13.0 Å². The Balaban J connectivity index is 2.80. The van der Waals surface area contributed by atoms with Crippen LogP contribution in [0.4, 0.5) is 0 Å². The van der Waals surface area contributed by atoms with E-state index in [1.54, 1.807) is 16.9 Å². The second kappa shape index (κ2) is 7.20. The number of rotatable bonds is 7. The van der Waals surface area contributed by atoms with Crippen molar-refractivity contribution < 1.29 is 13.0 Å². The van der Waals surface area contributed by atoms with Gasteiger partial charge in [-0.25, -0.2) is 0 Å². The second-order valence-corrected chi connectivity index (χ2v) is 9.94. The van der Waals surface area contributed by atoms with Crippen molar-refractivity contribution in [2.75, 3.05) is 6.26 Å². The average Bonchev–Trinajstić information content (AvgIpc) is 2.26. The van der Waals surface area contributed by atoms with Gasteiger partial charge in [-0.05, 0) is 57.9 Å². The lowest BCUT2D eigenvalue weighted by atomic mass is 10.0. The molecule has 3 nitrogen and oxygen atoms in total. The first kappa shape index (κ1) is 17.9. The van der Waals surface area contributed by atoms with Gasteiger partial charge < -0.3 is 0 Å². The van der Waals surface area contributed by atoms with Gasteiger partial charge in [0.1, 0.15) is 0 Å². The number of aryl methyl sites for hydroxylation is 2. The molecule has 1 aromatic carbocycles. The Morgan fingerprint density at radius 1 is 1.30 bits per heavy atom. The van der Waals surface area contributed by atoms with Crippen molar-refractivity contribution >= 4 is 31.7 Å². The summed E-state index contributed by atoms with van der Waals surface area (Å²) in [7, 11) is -0.560. The van der Waals surface area contributed by atoms with Crippen molar-refractivity contribution in [1.82, 2.24) is 0 Å². The highest BCUT2D eigenvalue weighted by Crippen LogP contribution is 2.37. The van der Waals surface area contributed by atoms with E-state index in [-0.39, 0.29) is 9.64 Å². The van der Waals surface area contributed by atoms with Crippen molar-refractivity contribution in [3.8, 4) is 0 Å². The normalized spacial score (nSPS) is 12.7. The molecule has 0 amide bonds. The van der Waals surface area contributed by atoms with Crippen molar-refractivity contribution in [2.24, 2.45) is 0 Å².